The van der Waals surface area contributed by atoms with Gasteiger partial charge in [0, 0.05) is 32.7 Å². The van der Waals surface area contributed by atoms with Gasteiger partial charge in [0.05, 0.1) is 4.90 Å². The molecule has 1 aliphatic heterocycles. The van der Waals surface area contributed by atoms with Crippen LogP contribution in [0.4, 0.5) is 0 Å². The van der Waals surface area contributed by atoms with E-state index < -0.39 is 10.0 Å². The van der Waals surface area contributed by atoms with E-state index in [0.717, 1.165) is 37.2 Å². The molecule has 0 radical (unpaired) electrons. The largest absolute Gasteiger partial charge is 0.300 e. The van der Waals surface area contributed by atoms with Crippen molar-refractivity contribution in [3.8, 4) is 0 Å². The van der Waals surface area contributed by atoms with Crippen molar-refractivity contribution in [2.45, 2.75) is 25.2 Å². The monoisotopic (exact) mass is 358 g/mol. The molecular weight excluding hydrogens is 332 g/mol. The van der Waals surface area contributed by atoms with Crippen molar-refractivity contribution < 1.29 is 8.42 Å². The Kier molecular flexibility index (Phi) is 5.57. The van der Waals surface area contributed by atoms with Crippen LogP contribution in [-0.2, 0) is 16.4 Å². The molecule has 0 aromatic heterocycles. The molecule has 1 fully saturated rings. The van der Waals surface area contributed by atoms with Crippen molar-refractivity contribution in [2.24, 2.45) is 0 Å². The van der Waals surface area contributed by atoms with Crippen LogP contribution in [0.3, 0.4) is 0 Å². The third kappa shape index (κ3) is 4.29. The summed E-state index contributed by atoms with van der Waals surface area (Å²) in [5, 5.41) is 0. The molecule has 0 aliphatic carbocycles. The Morgan fingerprint density at radius 3 is 2.20 bits per heavy atom. The quantitative estimate of drug-likeness (QED) is 0.825. The zero-order chi connectivity index (χ0) is 17.9. The van der Waals surface area contributed by atoms with Crippen molar-refractivity contribution in [2.75, 3.05) is 32.7 Å². The minimum atomic E-state index is -3.39. The Hall–Kier alpha value is -1.69. The van der Waals surface area contributed by atoms with E-state index in [0.29, 0.717) is 18.0 Å². The topological polar surface area (TPSA) is 40.6 Å². The standard InChI is InChI=1S/C20H26N2O2S/c1-17-8-9-20(16-18(17)2)25(23,24)22-14-12-21(13-15-22)11-10-19-6-4-3-5-7-19/h3-9,16H,10-15H2,1-2H3. The number of benzene rings is 2. The summed E-state index contributed by atoms with van der Waals surface area (Å²) in [5.41, 5.74) is 3.46. The molecule has 1 saturated heterocycles. The number of aryl methyl sites for hydroxylation is 2. The highest BCUT2D eigenvalue weighted by Crippen LogP contribution is 2.20. The molecule has 0 saturated carbocycles. The van der Waals surface area contributed by atoms with Crippen molar-refractivity contribution >= 4 is 10.0 Å². The molecule has 2 aromatic carbocycles. The average molecular weight is 359 g/mol. The fraction of sp³-hybridized carbons (Fsp3) is 0.400. The summed E-state index contributed by atoms with van der Waals surface area (Å²) in [4.78, 5) is 2.76. The van der Waals surface area contributed by atoms with E-state index >= 15 is 0 Å². The first-order valence-corrected chi connectivity index (χ1v) is 10.2. The van der Waals surface area contributed by atoms with Crippen LogP contribution in [-0.4, -0.2) is 50.3 Å². The first-order chi connectivity index (χ1) is 12.0. The summed E-state index contributed by atoms with van der Waals surface area (Å²) < 4.78 is 27.3. The molecule has 1 aliphatic rings. The molecular formula is C20H26N2O2S. The average Bonchev–Trinajstić information content (AvgIpc) is 2.63. The summed E-state index contributed by atoms with van der Waals surface area (Å²) in [7, 11) is -3.39. The summed E-state index contributed by atoms with van der Waals surface area (Å²) in [6.07, 6.45) is 1.00. The van der Waals surface area contributed by atoms with Crippen LogP contribution >= 0.6 is 0 Å². The summed E-state index contributed by atoms with van der Waals surface area (Å²) in [6, 6.07) is 15.8. The maximum absolute atomic E-state index is 12.8. The van der Waals surface area contributed by atoms with Crippen LogP contribution in [0.1, 0.15) is 16.7 Å². The van der Waals surface area contributed by atoms with Gasteiger partial charge in [-0.25, -0.2) is 8.42 Å². The number of hydrogen-bond acceptors (Lipinski definition) is 3. The van der Waals surface area contributed by atoms with Gasteiger partial charge < -0.3 is 4.90 Å². The normalized spacial score (nSPS) is 16.9. The van der Waals surface area contributed by atoms with E-state index in [2.05, 4.69) is 29.2 Å². The molecule has 1 heterocycles. The first-order valence-electron chi connectivity index (χ1n) is 8.80. The van der Waals surface area contributed by atoms with Gasteiger partial charge in [-0.1, -0.05) is 36.4 Å². The lowest BCUT2D eigenvalue weighted by atomic mass is 10.1. The number of piperazine rings is 1. The van der Waals surface area contributed by atoms with Crippen LogP contribution in [0.15, 0.2) is 53.4 Å². The maximum Gasteiger partial charge on any atom is 0.243 e. The van der Waals surface area contributed by atoms with Crippen LogP contribution < -0.4 is 0 Å². The fourth-order valence-electron chi connectivity index (χ4n) is 3.15. The second-order valence-corrected chi connectivity index (χ2v) is 8.67. The van der Waals surface area contributed by atoms with Gasteiger partial charge >= 0.3 is 0 Å². The van der Waals surface area contributed by atoms with Crippen LogP contribution in [0, 0.1) is 13.8 Å². The van der Waals surface area contributed by atoms with Gasteiger partial charge in [0.25, 0.3) is 0 Å². The number of sulfonamides is 1. The number of nitrogens with zero attached hydrogens (tertiary/aromatic N) is 2. The third-order valence-corrected chi connectivity index (χ3v) is 6.90. The molecule has 3 rings (SSSR count). The Bertz CT molecular complexity index is 811. The molecule has 2 aromatic rings. The van der Waals surface area contributed by atoms with Crippen LogP contribution in [0.25, 0.3) is 0 Å². The van der Waals surface area contributed by atoms with E-state index in [9.17, 15) is 8.42 Å². The lowest BCUT2D eigenvalue weighted by molar-refractivity contribution is 0.190. The SMILES string of the molecule is Cc1ccc(S(=O)(=O)N2CCN(CCc3ccccc3)CC2)cc1C. The Morgan fingerprint density at radius 2 is 1.56 bits per heavy atom. The van der Waals surface area contributed by atoms with Gasteiger partial charge in [-0.2, -0.15) is 4.31 Å². The molecule has 0 N–H and O–H groups in total. The minimum absolute atomic E-state index is 0.410. The second-order valence-electron chi connectivity index (χ2n) is 6.73. The zero-order valence-electron chi connectivity index (χ0n) is 15.0. The lowest BCUT2D eigenvalue weighted by Crippen LogP contribution is -2.49. The summed E-state index contributed by atoms with van der Waals surface area (Å²) >= 11 is 0. The zero-order valence-corrected chi connectivity index (χ0v) is 15.8. The highest BCUT2D eigenvalue weighted by atomic mass is 32.2. The minimum Gasteiger partial charge on any atom is -0.300 e. The van der Waals surface area contributed by atoms with E-state index in [1.165, 1.54) is 5.56 Å². The Labute approximate surface area is 151 Å². The van der Waals surface area contributed by atoms with Crippen molar-refractivity contribution in [1.82, 2.24) is 9.21 Å². The lowest BCUT2D eigenvalue weighted by Gasteiger charge is -2.34. The molecule has 0 unspecified atom stereocenters. The van der Waals surface area contributed by atoms with Gasteiger partial charge in [-0.05, 0) is 49.1 Å². The summed E-state index contributed by atoms with van der Waals surface area (Å²) in [6.45, 7) is 7.62. The van der Waals surface area contributed by atoms with Gasteiger partial charge in [-0.15, -0.1) is 0 Å². The molecule has 0 amide bonds. The highest BCUT2D eigenvalue weighted by Gasteiger charge is 2.28. The maximum atomic E-state index is 12.8. The van der Waals surface area contributed by atoms with E-state index in [1.807, 2.05) is 26.0 Å². The molecule has 4 nitrogen and oxygen atoms in total. The molecule has 0 spiro atoms. The molecule has 0 bridgehead atoms. The van der Waals surface area contributed by atoms with Crippen molar-refractivity contribution in [1.29, 1.82) is 0 Å². The third-order valence-electron chi connectivity index (χ3n) is 5.01. The smallest absolute Gasteiger partial charge is 0.243 e. The van der Waals surface area contributed by atoms with Gasteiger partial charge in [0.2, 0.25) is 10.0 Å². The van der Waals surface area contributed by atoms with E-state index in [-0.39, 0.29) is 0 Å². The van der Waals surface area contributed by atoms with Crippen molar-refractivity contribution in [3.05, 3.63) is 65.2 Å². The van der Waals surface area contributed by atoms with Gasteiger partial charge in [0.15, 0.2) is 0 Å². The first kappa shape index (κ1) is 18.1. The highest BCUT2D eigenvalue weighted by molar-refractivity contribution is 7.89. The van der Waals surface area contributed by atoms with E-state index in [4.69, 9.17) is 0 Å². The van der Waals surface area contributed by atoms with E-state index in [1.54, 1.807) is 16.4 Å². The summed E-state index contributed by atoms with van der Waals surface area (Å²) in [5.74, 6) is 0. The second kappa shape index (κ2) is 7.68. The predicted octanol–water partition coefficient (Wildman–Crippen LogP) is 2.85. The fourth-order valence-corrected chi connectivity index (χ4v) is 4.66. The number of hydrogen-bond donors (Lipinski definition) is 0. The molecule has 5 heteroatoms. The van der Waals surface area contributed by atoms with Crippen LogP contribution in [0.5, 0.6) is 0 Å². The molecule has 0 atom stereocenters. The molecule has 134 valence electrons. The Balaban J connectivity index is 1.58. The van der Waals surface area contributed by atoms with Gasteiger partial charge in [-0.3, -0.25) is 0 Å². The predicted molar refractivity (Wildman–Crippen MR) is 101 cm³/mol. The molecule has 25 heavy (non-hydrogen) atoms. The van der Waals surface area contributed by atoms with Crippen LogP contribution in [0.2, 0.25) is 0 Å². The Morgan fingerprint density at radius 1 is 0.880 bits per heavy atom. The number of rotatable bonds is 5. The van der Waals surface area contributed by atoms with Crippen molar-refractivity contribution in [3.63, 3.8) is 0 Å². The van der Waals surface area contributed by atoms with Gasteiger partial charge in [0.1, 0.15) is 0 Å².